The molecule has 146 valence electrons. The first kappa shape index (κ1) is 18.6. The average molecular weight is 378 g/mol. The topological polar surface area (TPSA) is 69.0 Å². The molecule has 1 fully saturated rings. The van der Waals surface area contributed by atoms with Gasteiger partial charge in [-0.1, -0.05) is 31.0 Å². The summed E-state index contributed by atoms with van der Waals surface area (Å²) in [5.41, 5.74) is 2.13. The second-order valence-electron chi connectivity index (χ2n) is 7.15. The first-order valence-electron chi connectivity index (χ1n) is 9.89. The SMILES string of the molecule is COc1ccc(Cn2nnnc2[C@H](c2ccccn2)N2CCCCCC2)cc1. The third-order valence-corrected chi connectivity index (χ3v) is 5.27. The van der Waals surface area contributed by atoms with E-state index < -0.39 is 0 Å². The average Bonchev–Trinajstić information content (AvgIpc) is 3.02. The molecule has 0 aliphatic carbocycles. The van der Waals surface area contributed by atoms with E-state index in [4.69, 9.17) is 4.74 Å². The van der Waals surface area contributed by atoms with Crippen LogP contribution in [0.15, 0.2) is 48.7 Å². The Labute approximate surface area is 165 Å². The number of rotatable bonds is 6. The van der Waals surface area contributed by atoms with Gasteiger partial charge in [0.05, 0.1) is 19.3 Å². The fourth-order valence-electron chi connectivity index (χ4n) is 3.80. The van der Waals surface area contributed by atoms with E-state index in [-0.39, 0.29) is 6.04 Å². The highest BCUT2D eigenvalue weighted by Gasteiger charge is 2.29. The van der Waals surface area contributed by atoms with Gasteiger partial charge in [0.15, 0.2) is 5.82 Å². The quantitative estimate of drug-likeness (QED) is 0.657. The fourth-order valence-corrected chi connectivity index (χ4v) is 3.80. The van der Waals surface area contributed by atoms with Crippen LogP contribution in [0.5, 0.6) is 5.75 Å². The second kappa shape index (κ2) is 8.93. The maximum atomic E-state index is 5.25. The summed E-state index contributed by atoms with van der Waals surface area (Å²) in [5.74, 6) is 1.69. The molecule has 2 aromatic heterocycles. The Kier molecular flexibility index (Phi) is 5.92. The Morgan fingerprint density at radius 3 is 2.46 bits per heavy atom. The number of aromatic nitrogens is 5. The highest BCUT2D eigenvalue weighted by Crippen LogP contribution is 2.28. The van der Waals surface area contributed by atoms with Crippen LogP contribution in [-0.4, -0.2) is 50.3 Å². The molecule has 0 amide bonds. The van der Waals surface area contributed by atoms with Gasteiger partial charge in [-0.25, -0.2) is 4.68 Å². The molecule has 3 aromatic rings. The number of hydrogen-bond acceptors (Lipinski definition) is 6. The van der Waals surface area contributed by atoms with Crippen molar-refractivity contribution in [2.75, 3.05) is 20.2 Å². The fraction of sp³-hybridized carbons (Fsp3) is 0.429. The van der Waals surface area contributed by atoms with Crippen molar-refractivity contribution in [3.8, 4) is 5.75 Å². The maximum absolute atomic E-state index is 5.25. The van der Waals surface area contributed by atoms with E-state index in [0.29, 0.717) is 6.54 Å². The van der Waals surface area contributed by atoms with E-state index in [1.54, 1.807) is 7.11 Å². The summed E-state index contributed by atoms with van der Waals surface area (Å²) < 4.78 is 7.15. The van der Waals surface area contributed by atoms with Gasteiger partial charge in [-0.05, 0) is 66.2 Å². The number of nitrogens with zero attached hydrogens (tertiary/aromatic N) is 6. The summed E-state index contributed by atoms with van der Waals surface area (Å²) in [4.78, 5) is 7.12. The normalized spacial score (nSPS) is 16.5. The zero-order valence-corrected chi connectivity index (χ0v) is 16.2. The molecule has 0 unspecified atom stereocenters. The van der Waals surface area contributed by atoms with Gasteiger partial charge in [0.25, 0.3) is 0 Å². The molecule has 28 heavy (non-hydrogen) atoms. The first-order valence-corrected chi connectivity index (χ1v) is 9.89. The van der Waals surface area contributed by atoms with Gasteiger partial charge < -0.3 is 4.74 Å². The van der Waals surface area contributed by atoms with Crippen molar-refractivity contribution in [3.63, 3.8) is 0 Å². The van der Waals surface area contributed by atoms with Crippen molar-refractivity contribution in [2.24, 2.45) is 0 Å². The summed E-state index contributed by atoms with van der Waals surface area (Å²) in [6.45, 7) is 2.69. The van der Waals surface area contributed by atoms with E-state index >= 15 is 0 Å². The van der Waals surface area contributed by atoms with Gasteiger partial charge in [-0.3, -0.25) is 9.88 Å². The molecule has 1 aromatic carbocycles. The lowest BCUT2D eigenvalue weighted by Gasteiger charge is -2.29. The van der Waals surface area contributed by atoms with Crippen molar-refractivity contribution in [1.29, 1.82) is 0 Å². The molecule has 0 N–H and O–H groups in total. The predicted molar refractivity (Wildman–Crippen MR) is 106 cm³/mol. The van der Waals surface area contributed by atoms with E-state index in [2.05, 4.69) is 31.5 Å². The van der Waals surface area contributed by atoms with Crippen LogP contribution >= 0.6 is 0 Å². The van der Waals surface area contributed by atoms with Crippen LogP contribution in [0.1, 0.15) is 48.8 Å². The van der Waals surface area contributed by atoms with Crippen molar-refractivity contribution in [3.05, 3.63) is 65.7 Å². The van der Waals surface area contributed by atoms with Crippen LogP contribution < -0.4 is 4.74 Å². The van der Waals surface area contributed by atoms with Gasteiger partial charge in [0, 0.05) is 6.20 Å². The maximum Gasteiger partial charge on any atom is 0.174 e. The largest absolute Gasteiger partial charge is 0.497 e. The number of ether oxygens (including phenoxy) is 1. The third kappa shape index (κ3) is 4.20. The summed E-state index contributed by atoms with van der Waals surface area (Å²) in [7, 11) is 1.67. The van der Waals surface area contributed by atoms with E-state index in [0.717, 1.165) is 35.9 Å². The summed E-state index contributed by atoms with van der Waals surface area (Å²) >= 11 is 0. The molecule has 1 aliphatic rings. The number of benzene rings is 1. The van der Waals surface area contributed by atoms with Gasteiger partial charge in [-0.15, -0.1) is 5.10 Å². The number of hydrogen-bond donors (Lipinski definition) is 0. The molecule has 0 spiro atoms. The summed E-state index contributed by atoms with van der Waals surface area (Å²) in [6.07, 6.45) is 6.80. The molecule has 3 heterocycles. The number of likely N-dealkylation sites (tertiary alicyclic amines) is 1. The second-order valence-corrected chi connectivity index (χ2v) is 7.15. The molecule has 1 saturated heterocycles. The van der Waals surface area contributed by atoms with Crippen molar-refractivity contribution in [1.82, 2.24) is 30.1 Å². The zero-order chi connectivity index (χ0) is 19.2. The Morgan fingerprint density at radius 1 is 1.00 bits per heavy atom. The molecule has 1 atom stereocenters. The molecule has 0 bridgehead atoms. The molecule has 1 aliphatic heterocycles. The van der Waals surface area contributed by atoms with E-state index in [1.807, 2.05) is 47.3 Å². The minimum absolute atomic E-state index is 0.0347. The Bertz CT molecular complexity index is 856. The minimum atomic E-state index is -0.0347. The molecular weight excluding hydrogens is 352 g/mol. The Balaban J connectivity index is 1.65. The summed E-state index contributed by atoms with van der Waals surface area (Å²) in [5, 5.41) is 12.7. The number of methoxy groups -OCH3 is 1. The van der Waals surface area contributed by atoms with Crippen LogP contribution in [0.25, 0.3) is 0 Å². The van der Waals surface area contributed by atoms with Gasteiger partial charge in [0.2, 0.25) is 0 Å². The summed E-state index contributed by atoms with van der Waals surface area (Å²) in [6, 6.07) is 14.0. The van der Waals surface area contributed by atoms with Crippen LogP contribution in [0.2, 0.25) is 0 Å². The first-order chi connectivity index (χ1) is 13.8. The van der Waals surface area contributed by atoms with E-state index in [9.17, 15) is 0 Å². The van der Waals surface area contributed by atoms with Crippen molar-refractivity contribution < 1.29 is 4.74 Å². The van der Waals surface area contributed by atoms with Crippen LogP contribution in [-0.2, 0) is 6.54 Å². The predicted octanol–water partition coefficient (Wildman–Crippen LogP) is 3.09. The monoisotopic (exact) mass is 378 g/mol. The molecule has 0 radical (unpaired) electrons. The smallest absolute Gasteiger partial charge is 0.174 e. The molecule has 7 heteroatoms. The Morgan fingerprint density at radius 2 is 1.79 bits per heavy atom. The van der Waals surface area contributed by atoms with Crippen LogP contribution in [0.4, 0.5) is 0 Å². The lowest BCUT2D eigenvalue weighted by molar-refractivity contribution is 0.218. The van der Waals surface area contributed by atoms with Crippen LogP contribution in [0.3, 0.4) is 0 Å². The van der Waals surface area contributed by atoms with Crippen molar-refractivity contribution >= 4 is 0 Å². The molecule has 7 nitrogen and oxygen atoms in total. The van der Waals surface area contributed by atoms with Crippen molar-refractivity contribution in [2.45, 2.75) is 38.3 Å². The third-order valence-electron chi connectivity index (χ3n) is 5.27. The Hall–Kier alpha value is -2.80. The standard InChI is InChI=1S/C21H26N6O/c1-28-18-11-9-17(10-12-18)16-27-21(23-24-25-27)20(19-8-4-5-13-22-19)26-14-6-2-3-7-15-26/h4-5,8-13,20H,2-3,6-7,14-16H2,1H3/t20-/m0/s1. The zero-order valence-electron chi connectivity index (χ0n) is 16.2. The van der Waals surface area contributed by atoms with Crippen LogP contribution in [0, 0.1) is 0 Å². The molecular formula is C21H26N6O. The van der Waals surface area contributed by atoms with Gasteiger partial charge in [-0.2, -0.15) is 0 Å². The lowest BCUT2D eigenvalue weighted by Crippen LogP contribution is -2.33. The highest BCUT2D eigenvalue weighted by molar-refractivity contribution is 5.27. The minimum Gasteiger partial charge on any atom is -0.497 e. The van der Waals surface area contributed by atoms with Gasteiger partial charge >= 0.3 is 0 Å². The lowest BCUT2D eigenvalue weighted by atomic mass is 10.1. The van der Waals surface area contributed by atoms with E-state index in [1.165, 1.54) is 25.7 Å². The number of tetrazole rings is 1. The molecule has 0 saturated carbocycles. The highest BCUT2D eigenvalue weighted by atomic mass is 16.5. The number of pyridine rings is 1. The molecule has 4 rings (SSSR count). The van der Waals surface area contributed by atoms with Gasteiger partial charge in [0.1, 0.15) is 11.8 Å².